The maximum Gasteiger partial charge on any atom is 0.159 e. The molecule has 4 heteroatoms. The Kier molecular flexibility index (Phi) is 3.82. The van der Waals surface area contributed by atoms with E-state index < -0.39 is 0 Å². The molecule has 0 N–H and O–H groups in total. The van der Waals surface area contributed by atoms with Crippen LogP contribution in [-0.2, 0) is 11.2 Å². The van der Waals surface area contributed by atoms with E-state index in [9.17, 15) is 4.79 Å². The fourth-order valence-corrected chi connectivity index (χ4v) is 3.41. The molecule has 1 saturated carbocycles. The van der Waals surface area contributed by atoms with Gasteiger partial charge in [0.2, 0.25) is 0 Å². The minimum atomic E-state index is 0.238. The van der Waals surface area contributed by atoms with Crippen LogP contribution >= 0.6 is 0 Å². The van der Waals surface area contributed by atoms with E-state index in [-0.39, 0.29) is 11.7 Å². The highest BCUT2D eigenvalue weighted by molar-refractivity contribution is 5.84. The summed E-state index contributed by atoms with van der Waals surface area (Å²) in [6, 6.07) is 24.7. The van der Waals surface area contributed by atoms with Crippen LogP contribution < -0.4 is 0 Å². The maximum atomic E-state index is 12.1. The van der Waals surface area contributed by atoms with E-state index in [1.165, 1.54) is 11.1 Å². The van der Waals surface area contributed by atoms with Crippen molar-refractivity contribution in [2.24, 2.45) is 5.92 Å². The summed E-state index contributed by atoms with van der Waals surface area (Å²) in [5.41, 5.74) is 5.21. The average molecular weight is 353 g/mol. The number of hydrogen-bond acceptors (Lipinski definition) is 3. The molecule has 0 aliphatic heterocycles. The smallest absolute Gasteiger partial charge is 0.159 e. The lowest BCUT2D eigenvalue weighted by molar-refractivity contribution is -0.119. The molecule has 5 rings (SSSR count). The Morgan fingerprint density at radius 2 is 1.56 bits per heavy atom. The molecule has 4 nitrogen and oxygen atoms in total. The third kappa shape index (κ3) is 3.14. The molecule has 0 unspecified atom stereocenters. The molecule has 27 heavy (non-hydrogen) atoms. The van der Waals surface area contributed by atoms with E-state index in [1.807, 2.05) is 40.9 Å². The highest BCUT2D eigenvalue weighted by atomic mass is 16.1. The topological polar surface area (TPSA) is 47.3 Å². The zero-order chi connectivity index (χ0) is 18.2. The Labute approximate surface area is 157 Å². The number of carbonyl (C=O) groups excluding carboxylic acids is 1. The molecule has 0 amide bonds. The normalized spacial score (nSPS) is 13.8. The van der Waals surface area contributed by atoms with Gasteiger partial charge in [-0.2, -0.15) is 5.10 Å². The summed E-state index contributed by atoms with van der Waals surface area (Å²) in [6.45, 7) is 0. The Balaban J connectivity index is 1.48. The van der Waals surface area contributed by atoms with Gasteiger partial charge in [0.05, 0.1) is 12.1 Å². The Bertz CT molecular complexity index is 1110. The van der Waals surface area contributed by atoms with Crippen molar-refractivity contribution in [2.45, 2.75) is 19.3 Å². The Hall–Kier alpha value is -3.27. The van der Waals surface area contributed by atoms with E-state index >= 15 is 0 Å². The van der Waals surface area contributed by atoms with E-state index in [0.717, 1.165) is 29.7 Å². The molecule has 1 fully saturated rings. The van der Waals surface area contributed by atoms with Crippen molar-refractivity contribution in [3.05, 3.63) is 78.6 Å². The van der Waals surface area contributed by atoms with E-state index in [2.05, 4.69) is 46.5 Å². The molecule has 0 bridgehead atoms. The summed E-state index contributed by atoms with van der Waals surface area (Å²) >= 11 is 0. The molecule has 1 aliphatic rings. The summed E-state index contributed by atoms with van der Waals surface area (Å²) in [6.07, 6.45) is 2.37. The Morgan fingerprint density at radius 1 is 0.852 bits per heavy atom. The SMILES string of the molecule is O=C(Cc1nc2cccc(-c3ccc(-c4ccccc4)cc3)n2n1)C1CC1. The molecule has 0 saturated heterocycles. The molecule has 1 aliphatic carbocycles. The molecular formula is C23H19N3O. The number of Topliss-reactive ketones (excluding diaryl/α,β-unsaturated/α-hetero) is 1. The predicted octanol–water partition coefficient (Wildman–Crippen LogP) is 4.58. The number of carbonyl (C=O) groups is 1. The van der Waals surface area contributed by atoms with Gasteiger partial charge in [-0.25, -0.2) is 9.50 Å². The van der Waals surface area contributed by atoms with Crippen LogP contribution in [0, 0.1) is 5.92 Å². The van der Waals surface area contributed by atoms with Crippen molar-refractivity contribution in [1.82, 2.24) is 14.6 Å². The molecule has 0 radical (unpaired) electrons. The van der Waals surface area contributed by atoms with Crippen molar-refractivity contribution in [3.8, 4) is 22.4 Å². The van der Waals surface area contributed by atoms with Crippen LogP contribution in [0.1, 0.15) is 18.7 Å². The Morgan fingerprint density at radius 3 is 2.30 bits per heavy atom. The maximum absolute atomic E-state index is 12.1. The second-order valence-corrected chi connectivity index (χ2v) is 7.07. The third-order valence-corrected chi connectivity index (χ3v) is 5.06. The summed E-state index contributed by atoms with van der Waals surface area (Å²) in [7, 11) is 0. The average Bonchev–Trinajstić information content (AvgIpc) is 3.49. The fraction of sp³-hybridized carbons (Fsp3) is 0.174. The lowest BCUT2D eigenvalue weighted by atomic mass is 10.0. The van der Waals surface area contributed by atoms with Crippen LogP contribution in [0.4, 0.5) is 0 Å². The number of nitrogens with zero attached hydrogens (tertiary/aromatic N) is 3. The van der Waals surface area contributed by atoms with Crippen LogP contribution in [0.3, 0.4) is 0 Å². The minimum absolute atomic E-state index is 0.238. The molecule has 2 heterocycles. The number of rotatable bonds is 5. The van der Waals surface area contributed by atoms with Crippen LogP contribution in [0.5, 0.6) is 0 Å². The molecule has 0 atom stereocenters. The van der Waals surface area contributed by atoms with Crippen molar-refractivity contribution in [3.63, 3.8) is 0 Å². The van der Waals surface area contributed by atoms with E-state index in [1.54, 1.807) is 0 Å². The first-order chi connectivity index (χ1) is 13.3. The zero-order valence-electron chi connectivity index (χ0n) is 14.9. The minimum Gasteiger partial charge on any atom is -0.299 e. The second-order valence-electron chi connectivity index (χ2n) is 7.07. The quantitative estimate of drug-likeness (QED) is 0.527. The first-order valence-corrected chi connectivity index (χ1v) is 9.31. The largest absolute Gasteiger partial charge is 0.299 e. The summed E-state index contributed by atoms with van der Waals surface area (Å²) in [4.78, 5) is 16.6. The lowest BCUT2D eigenvalue weighted by Gasteiger charge is -2.06. The fourth-order valence-electron chi connectivity index (χ4n) is 3.41. The lowest BCUT2D eigenvalue weighted by Crippen LogP contribution is -2.06. The van der Waals surface area contributed by atoms with E-state index in [4.69, 9.17) is 0 Å². The molecule has 2 aromatic carbocycles. The van der Waals surface area contributed by atoms with Crippen LogP contribution in [0.2, 0.25) is 0 Å². The van der Waals surface area contributed by atoms with E-state index in [0.29, 0.717) is 12.2 Å². The van der Waals surface area contributed by atoms with Crippen LogP contribution in [-0.4, -0.2) is 20.4 Å². The molecule has 2 aromatic heterocycles. The van der Waals surface area contributed by atoms with Crippen molar-refractivity contribution in [1.29, 1.82) is 0 Å². The highest BCUT2D eigenvalue weighted by Crippen LogP contribution is 2.31. The number of hydrogen-bond donors (Lipinski definition) is 0. The van der Waals surface area contributed by atoms with Gasteiger partial charge in [0.25, 0.3) is 0 Å². The van der Waals surface area contributed by atoms with Gasteiger partial charge in [0.1, 0.15) is 5.78 Å². The van der Waals surface area contributed by atoms with Gasteiger partial charge in [0.15, 0.2) is 11.5 Å². The van der Waals surface area contributed by atoms with Gasteiger partial charge in [-0.3, -0.25) is 4.79 Å². The summed E-state index contributed by atoms with van der Waals surface area (Å²) < 4.78 is 1.84. The number of fused-ring (bicyclic) bond motifs is 1. The number of ketones is 1. The summed E-state index contributed by atoms with van der Waals surface area (Å²) in [5.74, 6) is 1.11. The van der Waals surface area contributed by atoms with Crippen molar-refractivity contribution >= 4 is 11.4 Å². The first kappa shape index (κ1) is 15.9. The van der Waals surface area contributed by atoms with Crippen molar-refractivity contribution < 1.29 is 4.79 Å². The second kappa shape index (κ2) is 6.47. The zero-order valence-corrected chi connectivity index (χ0v) is 14.9. The van der Waals surface area contributed by atoms with Gasteiger partial charge in [-0.1, -0.05) is 60.7 Å². The molecule has 0 spiro atoms. The van der Waals surface area contributed by atoms with Crippen LogP contribution in [0.15, 0.2) is 72.8 Å². The van der Waals surface area contributed by atoms with Gasteiger partial charge in [0, 0.05) is 11.5 Å². The number of pyridine rings is 1. The monoisotopic (exact) mass is 353 g/mol. The van der Waals surface area contributed by atoms with Gasteiger partial charge >= 0.3 is 0 Å². The molecule has 4 aromatic rings. The summed E-state index contributed by atoms with van der Waals surface area (Å²) in [5, 5.41) is 4.60. The van der Waals surface area contributed by atoms with Crippen molar-refractivity contribution in [2.75, 3.05) is 0 Å². The first-order valence-electron chi connectivity index (χ1n) is 9.31. The number of aromatic nitrogens is 3. The third-order valence-electron chi connectivity index (χ3n) is 5.06. The predicted molar refractivity (Wildman–Crippen MR) is 105 cm³/mol. The highest BCUT2D eigenvalue weighted by Gasteiger charge is 2.30. The molecule has 132 valence electrons. The molecular weight excluding hydrogens is 334 g/mol. The van der Waals surface area contributed by atoms with Gasteiger partial charge in [-0.15, -0.1) is 0 Å². The van der Waals surface area contributed by atoms with Crippen LogP contribution in [0.25, 0.3) is 28.0 Å². The standard InChI is InChI=1S/C23H19N3O/c27-21(19-13-14-19)15-22-24-23-8-4-7-20(26(23)25-22)18-11-9-17(10-12-18)16-5-2-1-3-6-16/h1-12,19H,13-15H2. The van der Waals surface area contributed by atoms with Gasteiger partial charge in [-0.05, 0) is 36.1 Å². The van der Waals surface area contributed by atoms with Gasteiger partial charge < -0.3 is 0 Å². The number of benzene rings is 2.